The Labute approximate surface area is 177 Å². The Morgan fingerprint density at radius 3 is 2.26 bits per heavy atom. The van der Waals surface area contributed by atoms with Crippen LogP contribution in [-0.2, 0) is 11.3 Å². The van der Waals surface area contributed by atoms with E-state index in [1.807, 2.05) is 6.07 Å². The summed E-state index contributed by atoms with van der Waals surface area (Å²) >= 11 is 0. The number of rotatable bonds is 4. The number of nitrogens with zero attached hydrogens (tertiary/aromatic N) is 7. The van der Waals surface area contributed by atoms with Crippen LogP contribution in [0.15, 0.2) is 40.2 Å². The summed E-state index contributed by atoms with van der Waals surface area (Å²) in [7, 11) is 0. The van der Waals surface area contributed by atoms with Gasteiger partial charge in [-0.15, -0.1) is 10.2 Å². The fraction of sp³-hybridized carbons (Fsp3) is 0.381. The van der Waals surface area contributed by atoms with Crippen LogP contribution in [0.3, 0.4) is 0 Å². The molecule has 0 radical (unpaired) electrons. The van der Waals surface area contributed by atoms with Gasteiger partial charge in [0.05, 0.1) is 35.0 Å². The van der Waals surface area contributed by atoms with E-state index in [0.29, 0.717) is 40.0 Å². The van der Waals surface area contributed by atoms with Gasteiger partial charge in [-0.2, -0.15) is 0 Å². The van der Waals surface area contributed by atoms with Crippen molar-refractivity contribution in [3.8, 4) is 0 Å². The van der Waals surface area contributed by atoms with Gasteiger partial charge in [0, 0.05) is 38.6 Å². The number of hydrogen-bond donors (Lipinski definition) is 0. The van der Waals surface area contributed by atoms with Crippen molar-refractivity contribution < 1.29 is 4.74 Å². The van der Waals surface area contributed by atoms with Gasteiger partial charge in [0.15, 0.2) is 0 Å². The van der Waals surface area contributed by atoms with Crippen molar-refractivity contribution in [1.29, 1.82) is 0 Å². The lowest BCUT2D eigenvalue weighted by molar-refractivity contribution is 0.0363. The molecule has 1 saturated heterocycles. The summed E-state index contributed by atoms with van der Waals surface area (Å²) < 4.78 is 10.1. The molecule has 0 amide bonds. The molecule has 0 unspecified atom stereocenters. The van der Waals surface area contributed by atoms with Crippen molar-refractivity contribution in [3.05, 3.63) is 62.9 Å². The molecule has 5 rings (SSSR count). The minimum absolute atomic E-state index is 0.147. The normalized spacial score (nSPS) is 15.2. The van der Waals surface area contributed by atoms with Gasteiger partial charge in [-0.05, 0) is 32.0 Å². The fourth-order valence-electron chi connectivity index (χ4n) is 4.04. The first-order valence-corrected chi connectivity index (χ1v) is 10.3. The first-order chi connectivity index (χ1) is 15.0. The molecule has 10 heteroatoms. The van der Waals surface area contributed by atoms with Crippen LogP contribution in [0, 0.1) is 13.8 Å². The lowest BCUT2D eigenvalue weighted by Gasteiger charge is -2.26. The van der Waals surface area contributed by atoms with E-state index in [0.717, 1.165) is 32.8 Å². The average molecular weight is 421 g/mol. The van der Waals surface area contributed by atoms with Gasteiger partial charge in [0.25, 0.3) is 11.1 Å². The van der Waals surface area contributed by atoms with E-state index >= 15 is 0 Å². The van der Waals surface area contributed by atoms with Gasteiger partial charge in [-0.25, -0.2) is 14.3 Å². The minimum atomic E-state index is -0.277. The summed E-state index contributed by atoms with van der Waals surface area (Å²) in [5.41, 5.74) is 0.698. The van der Waals surface area contributed by atoms with Gasteiger partial charge in [-0.3, -0.25) is 14.5 Å². The molecule has 160 valence electrons. The van der Waals surface area contributed by atoms with Crippen molar-refractivity contribution in [2.24, 2.45) is 0 Å². The number of aryl methyl sites for hydroxylation is 2. The summed E-state index contributed by atoms with van der Waals surface area (Å²) in [6, 6.07) is 5.24. The Bertz CT molecular complexity index is 1380. The van der Waals surface area contributed by atoms with Crippen LogP contribution in [0.5, 0.6) is 0 Å². The smallest absolute Gasteiger partial charge is 0.279 e. The molecule has 5 heterocycles. The minimum Gasteiger partial charge on any atom is -0.379 e. The molecular formula is C21H23N7O3. The fourth-order valence-corrected chi connectivity index (χ4v) is 4.04. The molecular weight excluding hydrogens is 398 g/mol. The van der Waals surface area contributed by atoms with E-state index in [1.54, 1.807) is 47.6 Å². The monoisotopic (exact) mass is 421 g/mol. The highest BCUT2D eigenvalue weighted by Crippen LogP contribution is 2.15. The van der Waals surface area contributed by atoms with Crippen molar-refractivity contribution in [3.63, 3.8) is 0 Å². The van der Waals surface area contributed by atoms with E-state index in [9.17, 15) is 9.59 Å². The molecule has 0 aromatic carbocycles. The summed E-state index contributed by atoms with van der Waals surface area (Å²) in [4.78, 5) is 33.2. The summed E-state index contributed by atoms with van der Waals surface area (Å²) in [5, 5.41) is 8.86. The highest BCUT2D eigenvalue weighted by Gasteiger charge is 2.14. The molecule has 10 nitrogen and oxygen atoms in total. The lowest BCUT2D eigenvalue weighted by Crippen LogP contribution is -2.39. The number of fused-ring (bicyclic) bond motifs is 2. The predicted octanol–water partition coefficient (Wildman–Crippen LogP) is 0.563. The quantitative estimate of drug-likeness (QED) is 0.444. The second kappa shape index (κ2) is 7.71. The maximum absolute atomic E-state index is 13.2. The van der Waals surface area contributed by atoms with E-state index in [1.165, 1.54) is 4.68 Å². The number of pyridine rings is 3. The molecule has 4 aromatic heterocycles. The lowest BCUT2D eigenvalue weighted by atomic mass is 10.2. The number of ether oxygens (including phenoxy) is 1. The summed E-state index contributed by atoms with van der Waals surface area (Å²) in [5.74, 6) is 1.19. The van der Waals surface area contributed by atoms with Crippen LogP contribution in [0.1, 0.15) is 11.6 Å². The molecule has 1 aliphatic heterocycles. The Balaban J connectivity index is 1.58. The third-order valence-corrected chi connectivity index (χ3v) is 5.73. The second-order valence-corrected chi connectivity index (χ2v) is 7.69. The number of aromatic nitrogens is 6. The molecule has 0 saturated carbocycles. The first kappa shape index (κ1) is 19.6. The number of morpholine rings is 1. The largest absolute Gasteiger partial charge is 0.379 e. The van der Waals surface area contributed by atoms with E-state index < -0.39 is 0 Å². The molecule has 0 aliphatic carbocycles. The Hall–Kier alpha value is -3.37. The van der Waals surface area contributed by atoms with E-state index in [-0.39, 0.29) is 11.1 Å². The molecule has 0 bridgehead atoms. The van der Waals surface area contributed by atoms with Gasteiger partial charge in [-0.1, -0.05) is 0 Å². The average Bonchev–Trinajstić information content (AvgIpc) is 3.12. The maximum Gasteiger partial charge on any atom is 0.279 e. The predicted molar refractivity (Wildman–Crippen MR) is 115 cm³/mol. The van der Waals surface area contributed by atoms with Crippen molar-refractivity contribution in [2.45, 2.75) is 20.4 Å². The van der Waals surface area contributed by atoms with Gasteiger partial charge < -0.3 is 9.30 Å². The summed E-state index contributed by atoms with van der Waals surface area (Å²) in [6.45, 7) is 8.09. The number of hydrogen-bond acceptors (Lipinski definition) is 7. The molecule has 0 N–H and O–H groups in total. The van der Waals surface area contributed by atoms with Crippen LogP contribution >= 0.6 is 0 Å². The first-order valence-electron chi connectivity index (χ1n) is 10.3. The zero-order valence-corrected chi connectivity index (χ0v) is 17.5. The molecule has 0 spiro atoms. The molecule has 1 aliphatic rings. The Morgan fingerprint density at radius 1 is 0.903 bits per heavy atom. The Kier molecular flexibility index (Phi) is 4.87. The van der Waals surface area contributed by atoms with Gasteiger partial charge in [0.1, 0.15) is 11.6 Å². The van der Waals surface area contributed by atoms with E-state index in [2.05, 4.69) is 20.1 Å². The van der Waals surface area contributed by atoms with Crippen LogP contribution < -0.4 is 11.1 Å². The highest BCUT2D eigenvalue weighted by molar-refractivity contribution is 5.91. The van der Waals surface area contributed by atoms with Crippen LogP contribution in [0.2, 0.25) is 0 Å². The maximum atomic E-state index is 13.2. The molecule has 4 aromatic rings. The molecule has 31 heavy (non-hydrogen) atoms. The van der Waals surface area contributed by atoms with Crippen molar-refractivity contribution in [2.75, 3.05) is 32.8 Å². The SMILES string of the molecule is Cc1nnc(C)n1-n1ccc2nc3ccn(CCN4CCOCC4)c(=O)c3cc2c1=O. The van der Waals surface area contributed by atoms with Gasteiger partial charge >= 0.3 is 0 Å². The zero-order valence-electron chi connectivity index (χ0n) is 17.5. The van der Waals surface area contributed by atoms with Gasteiger partial charge in [0.2, 0.25) is 0 Å². The third kappa shape index (κ3) is 3.43. The standard InChI is InChI=1S/C21H23N7O3/c1-14-23-24-15(2)28(14)27-6-4-19-17(21(27)30)13-16-18(22-19)3-5-26(20(16)29)8-7-25-9-11-31-12-10-25/h3-6,13H,7-12H2,1-2H3. The van der Waals surface area contributed by atoms with Crippen molar-refractivity contribution in [1.82, 2.24) is 34.0 Å². The highest BCUT2D eigenvalue weighted by atomic mass is 16.5. The zero-order chi connectivity index (χ0) is 21.5. The van der Waals surface area contributed by atoms with Crippen LogP contribution in [0.25, 0.3) is 21.8 Å². The van der Waals surface area contributed by atoms with Crippen LogP contribution in [0.4, 0.5) is 0 Å². The molecule has 0 atom stereocenters. The van der Waals surface area contributed by atoms with Crippen LogP contribution in [-0.4, -0.2) is 66.8 Å². The molecule has 1 fully saturated rings. The topological polar surface area (TPSA) is 100 Å². The third-order valence-electron chi connectivity index (χ3n) is 5.73. The van der Waals surface area contributed by atoms with E-state index in [4.69, 9.17) is 4.74 Å². The second-order valence-electron chi connectivity index (χ2n) is 7.69. The van der Waals surface area contributed by atoms with Crippen molar-refractivity contribution >= 4 is 21.8 Å². The summed E-state index contributed by atoms with van der Waals surface area (Å²) in [6.07, 6.45) is 3.42. The Morgan fingerprint density at radius 2 is 1.55 bits per heavy atom.